The van der Waals surface area contributed by atoms with Gasteiger partial charge in [0.15, 0.2) is 0 Å². The van der Waals surface area contributed by atoms with Crippen LogP contribution in [-0.2, 0) is 4.79 Å². The summed E-state index contributed by atoms with van der Waals surface area (Å²) in [5.74, 6) is 0.605. The highest BCUT2D eigenvalue weighted by atomic mass is 16.5. The maximum Gasteiger partial charge on any atom is 0.211 e. The van der Waals surface area contributed by atoms with Crippen LogP contribution in [0.25, 0.3) is 0 Å². The van der Waals surface area contributed by atoms with Crippen molar-refractivity contribution in [2.24, 2.45) is 0 Å². The predicted octanol–water partition coefficient (Wildman–Crippen LogP) is 2.13. The van der Waals surface area contributed by atoms with Crippen LogP contribution in [0.15, 0.2) is 54.6 Å². The average molecular weight is 300 g/mol. The molecule has 0 radical (unpaired) electrons. The van der Waals surface area contributed by atoms with Crippen LogP contribution in [0, 0.1) is 0 Å². The van der Waals surface area contributed by atoms with Gasteiger partial charge in [0.25, 0.3) is 0 Å². The molecule has 0 aliphatic carbocycles. The Balaban J connectivity index is 1.83. The van der Waals surface area contributed by atoms with Crippen LogP contribution in [0.4, 0.5) is 11.4 Å². The summed E-state index contributed by atoms with van der Waals surface area (Å²) in [5, 5.41) is 12.6. The molecule has 2 aromatic carbocycles. The third-order valence-electron chi connectivity index (χ3n) is 3.18. The molecule has 1 atom stereocenters. The van der Waals surface area contributed by atoms with Crippen molar-refractivity contribution >= 4 is 17.8 Å². The van der Waals surface area contributed by atoms with Crippen LogP contribution in [0.2, 0.25) is 0 Å². The van der Waals surface area contributed by atoms with Gasteiger partial charge in [-0.2, -0.15) is 0 Å². The first-order chi connectivity index (χ1) is 10.7. The van der Waals surface area contributed by atoms with E-state index in [1.54, 1.807) is 24.3 Å². The number of carbonyl (C=O) groups is 1. The van der Waals surface area contributed by atoms with Gasteiger partial charge in [0.1, 0.15) is 18.5 Å². The minimum Gasteiger partial charge on any atom is -0.491 e. The van der Waals surface area contributed by atoms with Crippen molar-refractivity contribution < 1.29 is 14.6 Å². The smallest absolute Gasteiger partial charge is 0.211 e. The van der Waals surface area contributed by atoms with Gasteiger partial charge in [-0.25, -0.2) is 0 Å². The number of likely N-dealkylation sites (N-methyl/N-ethyl adjacent to an activating group) is 1. The molecule has 0 saturated heterocycles. The highest BCUT2D eigenvalue weighted by Gasteiger charge is 2.10. The molecule has 1 amide bonds. The van der Waals surface area contributed by atoms with Crippen molar-refractivity contribution in [1.82, 2.24) is 0 Å². The average Bonchev–Trinajstić information content (AvgIpc) is 2.54. The van der Waals surface area contributed by atoms with E-state index in [-0.39, 0.29) is 6.61 Å². The van der Waals surface area contributed by atoms with E-state index in [1.807, 2.05) is 42.3 Å². The van der Waals surface area contributed by atoms with E-state index >= 15 is 0 Å². The number of aliphatic hydroxyl groups is 1. The molecular weight excluding hydrogens is 280 g/mol. The zero-order chi connectivity index (χ0) is 15.8. The SMILES string of the molecule is CN(CC(O)COc1cccc(NC=O)c1)c1ccccc1. The molecule has 5 nitrogen and oxygen atoms in total. The summed E-state index contributed by atoms with van der Waals surface area (Å²) in [6, 6.07) is 16.9. The predicted molar refractivity (Wildman–Crippen MR) is 87.3 cm³/mol. The highest BCUT2D eigenvalue weighted by Crippen LogP contribution is 2.17. The highest BCUT2D eigenvalue weighted by molar-refractivity contribution is 5.71. The summed E-state index contributed by atoms with van der Waals surface area (Å²) in [7, 11) is 1.92. The lowest BCUT2D eigenvalue weighted by molar-refractivity contribution is -0.105. The normalized spacial score (nSPS) is 11.5. The van der Waals surface area contributed by atoms with Crippen LogP contribution < -0.4 is 15.0 Å². The standard InChI is InChI=1S/C17H20N2O3/c1-19(15-7-3-2-4-8-15)11-16(21)12-22-17-9-5-6-14(10-17)18-13-20/h2-10,13,16,21H,11-12H2,1H3,(H,18,20). The minimum atomic E-state index is -0.618. The zero-order valence-corrected chi connectivity index (χ0v) is 12.5. The summed E-state index contributed by atoms with van der Waals surface area (Å²) >= 11 is 0. The maximum atomic E-state index is 10.4. The number of carbonyl (C=O) groups excluding carboxylic acids is 1. The topological polar surface area (TPSA) is 61.8 Å². The zero-order valence-electron chi connectivity index (χ0n) is 12.5. The Hall–Kier alpha value is -2.53. The monoisotopic (exact) mass is 300 g/mol. The van der Waals surface area contributed by atoms with E-state index in [1.165, 1.54) is 0 Å². The molecular formula is C17H20N2O3. The number of hydrogen-bond donors (Lipinski definition) is 2. The molecule has 2 rings (SSSR count). The van der Waals surface area contributed by atoms with Crippen LogP contribution in [-0.4, -0.2) is 37.8 Å². The Morgan fingerprint density at radius 1 is 1.23 bits per heavy atom. The van der Waals surface area contributed by atoms with Gasteiger partial charge in [0.2, 0.25) is 6.41 Å². The number of ether oxygens (including phenoxy) is 1. The molecule has 0 heterocycles. The lowest BCUT2D eigenvalue weighted by Gasteiger charge is -2.22. The number of nitrogens with zero attached hydrogens (tertiary/aromatic N) is 1. The van der Waals surface area contributed by atoms with Crippen LogP contribution >= 0.6 is 0 Å². The summed E-state index contributed by atoms with van der Waals surface area (Å²) in [4.78, 5) is 12.4. The van der Waals surface area contributed by atoms with Gasteiger partial charge < -0.3 is 20.1 Å². The van der Waals surface area contributed by atoms with Crippen molar-refractivity contribution in [2.75, 3.05) is 30.4 Å². The summed E-state index contributed by atoms with van der Waals surface area (Å²) < 4.78 is 5.56. The fraction of sp³-hybridized carbons (Fsp3) is 0.235. The molecule has 0 spiro atoms. The summed E-state index contributed by atoms with van der Waals surface area (Å²) in [6.45, 7) is 0.651. The third-order valence-corrected chi connectivity index (χ3v) is 3.18. The third kappa shape index (κ3) is 4.79. The lowest BCUT2D eigenvalue weighted by Crippen LogP contribution is -2.33. The second-order valence-corrected chi connectivity index (χ2v) is 4.97. The number of anilines is 2. The van der Waals surface area contributed by atoms with Gasteiger partial charge in [0, 0.05) is 31.0 Å². The number of amides is 1. The second-order valence-electron chi connectivity index (χ2n) is 4.97. The number of para-hydroxylation sites is 1. The largest absolute Gasteiger partial charge is 0.491 e. The van der Waals surface area contributed by atoms with Crippen LogP contribution in [0.3, 0.4) is 0 Å². The molecule has 0 saturated carbocycles. The number of nitrogens with one attached hydrogen (secondary N) is 1. The Morgan fingerprint density at radius 3 is 2.73 bits per heavy atom. The van der Waals surface area contributed by atoms with Crippen molar-refractivity contribution in [3.05, 3.63) is 54.6 Å². The summed E-state index contributed by atoms with van der Waals surface area (Å²) in [5.41, 5.74) is 1.70. The molecule has 0 bridgehead atoms. The maximum absolute atomic E-state index is 10.4. The fourth-order valence-corrected chi connectivity index (χ4v) is 2.09. The van der Waals surface area contributed by atoms with Crippen molar-refractivity contribution in [2.45, 2.75) is 6.10 Å². The molecule has 22 heavy (non-hydrogen) atoms. The Labute approximate surface area is 130 Å². The first kappa shape index (κ1) is 15.9. The number of aliphatic hydroxyl groups excluding tert-OH is 1. The Kier molecular flexibility index (Phi) is 5.80. The minimum absolute atomic E-state index is 0.182. The van der Waals surface area contributed by atoms with Crippen LogP contribution in [0.1, 0.15) is 0 Å². The fourth-order valence-electron chi connectivity index (χ4n) is 2.09. The molecule has 2 N–H and O–H groups in total. The molecule has 116 valence electrons. The summed E-state index contributed by atoms with van der Waals surface area (Å²) in [6.07, 6.45) is -0.00382. The van der Waals surface area contributed by atoms with Gasteiger partial charge >= 0.3 is 0 Å². The van der Waals surface area contributed by atoms with E-state index in [4.69, 9.17) is 4.74 Å². The van der Waals surface area contributed by atoms with Crippen molar-refractivity contribution in [3.63, 3.8) is 0 Å². The molecule has 5 heteroatoms. The van der Waals surface area contributed by atoms with Gasteiger partial charge in [-0.1, -0.05) is 24.3 Å². The first-order valence-corrected chi connectivity index (χ1v) is 7.06. The van der Waals surface area contributed by atoms with Gasteiger partial charge in [-0.3, -0.25) is 4.79 Å². The molecule has 0 aliphatic rings. The molecule has 2 aromatic rings. The number of rotatable bonds is 8. The Morgan fingerprint density at radius 2 is 2.00 bits per heavy atom. The molecule has 0 aromatic heterocycles. The van der Waals surface area contributed by atoms with Crippen molar-refractivity contribution in [3.8, 4) is 5.75 Å². The van der Waals surface area contributed by atoms with E-state index in [9.17, 15) is 9.90 Å². The Bertz CT molecular complexity index is 589. The molecule has 0 fully saturated rings. The van der Waals surface area contributed by atoms with Gasteiger partial charge in [-0.05, 0) is 24.3 Å². The number of benzene rings is 2. The van der Waals surface area contributed by atoms with E-state index in [0.29, 0.717) is 24.4 Å². The van der Waals surface area contributed by atoms with Gasteiger partial charge in [-0.15, -0.1) is 0 Å². The van der Waals surface area contributed by atoms with Crippen molar-refractivity contribution in [1.29, 1.82) is 0 Å². The molecule has 0 aliphatic heterocycles. The quantitative estimate of drug-likeness (QED) is 0.733. The van der Waals surface area contributed by atoms with Crippen LogP contribution in [0.5, 0.6) is 5.75 Å². The van der Waals surface area contributed by atoms with E-state index < -0.39 is 6.10 Å². The lowest BCUT2D eigenvalue weighted by atomic mass is 10.2. The van der Waals surface area contributed by atoms with E-state index in [0.717, 1.165) is 5.69 Å². The second kappa shape index (κ2) is 8.05. The van der Waals surface area contributed by atoms with E-state index in [2.05, 4.69) is 5.32 Å². The molecule has 1 unspecified atom stereocenters. The first-order valence-electron chi connectivity index (χ1n) is 7.06. The number of hydrogen-bond acceptors (Lipinski definition) is 4. The van der Waals surface area contributed by atoms with Gasteiger partial charge in [0.05, 0.1) is 0 Å².